The number of para-hydroxylation sites is 1. The average molecular weight is 340 g/mol. The van der Waals surface area contributed by atoms with Gasteiger partial charge in [0.2, 0.25) is 5.69 Å². The molecule has 0 radical (unpaired) electrons. The van der Waals surface area contributed by atoms with E-state index in [1.165, 1.54) is 4.68 Å². The number of carbonyl (C=O) groups is 1. The van der Waals surface area contributed by atoms with Gasteiger partial charge >= 0.3 is 5.97 Å². The molecule has 0 fully saturated rings. The summed E-state index contributed by atoms with van der Waals surface area (Å²) in [5.74, 6) is -1.45. The highest BCUT2D eigenvalue weighted by molar-refractivity contribution is 5.89. The molecule has 0 aliphatic carbocycles. The Morgan fingerprint density at radius 2 is 1.60 bits per heavy atom. The topological polar surface area (TPSA) is 44.1 Å². The van der Waals surface area contributed by atoms with E-state index in [4.69, 9.17) is 4.74 Å². The Kier molecular flexibility index (Phi) is 6.46. The van der Waals surface area contributed by atoms with Gasteiger partial charge in [-0.05, 0) is 19.1 Å². The molecule has 1 heterocycles. The van der Waals surface area contributed by atoms with Crippen molar-refractivity contribution >= 4 is 5.97 Å². The summed E-state index contributed by atoms with van der Waals surface area (Å²) in [6.45, 7) is 5.83. The molecule has 0 amide bonds. The van der Waals surface area contributed by atoms with Gasteiger partial charge in [-0.25, -0.2) is 13.9 Å². The van der Waals surface area contributed by atoms with E-state index in [0.29, 0.717) is 11.3 Å². The third-order valence-electron chi connectivity index (χ3n) is 3.34. The van der Waals surface area contributed by atoms with E-state index >= 15 is 0 Å². The standard InChI is InChI=1S/C18H15FN2O2.C2H6/c1-2-23-18(22)16-15(19)17(13-9-5-3-6-10-13)21(20-16)14-11-7-4-8-12-14;1-2/h3-12H,2H2,1H3;1-2H3. The van der Waals surface area contributed by atoms with Crippen LogP contribution in [0.25, 0.3) is 16.9 Å². The first-order chi connectivity index (χ1) is 12.2. The maximum atomic E-state index is 14.9. The number of hydrogen-bond donors (Lipinski definition) is 0. The minimum Gasteiger partial charge on any atom is -0.461 e. The first-order valence-electron chi connectivity index (χ1n) is 8.29. The molecule has 0 bridgehead atoms. The van der Waals surface area contributed by atoms with Crippen molar-refractivity contribution in [3.63, 3.8) is 0 Å². The Labute approximate surface area is 146 Å². The first kappa shape index (κ1) is 18.4. The lowest BCUT2D eigenvalue weighted by atomic mass is 10.1. The maximum absolute atomic E-state index is 14.9. The van der Waals surface area contributed by atoms with Gasteiger partial charge in [0.15, 0.2) is 5.82 Å². The van der Waals surface area contributed by atoms with Crippen molar-refractivity contribution in [3.05, 3.63) is 72.2 Å². The van der Waals surface area contributed by atoms with Crippen LogP contribution in [0.1, 0.15) is 31.3 Å². The highest BCUT2D eigenvalue weighted by Gasteiger charge is 2.25. The van der Waals surface area contributed by atoms with Gasteiger partial charge in [-0.15, -0.1) is 0 Å². The second kappa shape index (κ2) is 8.78. The fourth-order valence-electron chi connectivity index (χ4n) is 2.33. The minimum absolute atomic E-state index is 0.164. The largest absolute Gasteiger partial charge is 0.461 e. The number of halogens is 1. The molecule has 0 spiro atoms. The van der Waals surface area contributed by atoms with Crippen molar-refractivity contribution in [2.24, 2.45) is 0 Å². The van der Waals surface area contributed by atoms with Gasteiger partial charge in [0.05, 0.1) is 12.3 Å². The monoisotopic (exact) mass is 340 g/mol. The molecule has 1 aromatic heterocycles. The third kappa shape index (κ3) is 3.94. The van der Waals surface area contributed by atoms with Crippen LogP contribution in [0, 0.1) is 5.82 Å². The summed E-state index contributed by atoms with van der Waals surface area (Å²) in [7, 11) is 0. The lowest BCUT2D eigenvalue weighted by Crippen LogP contribution is -2.08. The van der Waals surface area contributed by atoms with Gasteiger partial charge < -0.3 is 4.74 Å². The van der Waals surface area contributed by atoms with Crippen LogP contribution in [0.5, 0.6) is 0 Å². The van der Waals surface area contributed by atoms with E-state index in [1.807, 2.05) is 38.1 Å². The van der Waals surface area contributed by atoms with Crippen LogP contribution in [-0.4, -0.2) is 22.4 Å². The van der Waals surface area contributed by atoms with Crippen LogP contribution < -0.4 is 0 Å². The molecule has 0 aliphatic rings. The van der Waals surface area contributed by atoms with Crippen molar-refractivity contribution in [3.8, 4) is 16.9 Å². The van der Waals surface area contributed by atoms with Gasteiger partial charge in [-0.3, -0.25) is 0 Å². The summed E-state index contributed by atoms with van der Waals surface area (Å²) in [4.78, 5) is 12.0. The number of aromatic nitrogens is 2. The van der Waals surface area contributed by atoms with Crippen molar-refractivity contribution in [2.45, 2.75) is 20.8 Å². The van der Waals surface area contributed by atoms with E-state index in [-0.39, 0.29) is 18.0 Å². The molecule has 0 saturated carbocycles. The highest BCUT2D eigenvalue weighted by Crippen LogP contribution is 2.28. The Bertz CT molecular complexity index is 814. The van der Waals surface area contributed by atoms with Gasteiger partial charge in [-0.2, -0.15) is 5.10 Å². The summed E-state index contributed by atoms with van der Waals surface area (Å²) in [5.41, 5.74) is 1.23. The number of benzene rings is 2. The fraction of sp³-hybridized carbons (Fsp3) is 0.200. The molecule has 3 aromatic rings. The smallest absolute Gasteiger partial charge is 0.361 e. The average Bonchev–Trinajstić information content (AvgIpc) is 3.02. The predicted molar refractivity (Wildman–Crippen MR) is 96.3 cm³/mol. The van der Waals surface area contributed by atoms with Gasteiger partial charge in [0, 0.05) is 5.56 Å². The molecule has 2 aromatic carbocycles. The zero-order valence-electron chi connectivity index (χ0n) is 14.6. The lowest BCUT2D eigenvalue weighted by Gasteiger charge is -2.07. The molecule has 0 unspecified atom stereocenters. The van der Waals surface area contributed by atoms with E-state index < -0.39 is 11.8 Å². The van der Waals surface area contributed by atoms with Crippen LogP contribution in [0.2, 0.25) is 0 Å². The van der Waals surface area contributed by atoms with Crippen LogP contribution in [0.15, 0.2) is 60.7 Å². The molecular weight excluding hydrogens is 319 g/mol. The Morgan fingerprint density at radius 3 is 2.16 bits per heavy atom. The molecule has 0 aliphatic heterocycles. The Morgan fingerprint density at radius 1 is 1.04 bits per heavy atom. The second-order valence-corrected chi connectivity index (χ2v) is 4.85. The first-order valence-corrected chi connectivity index (χ1v) is 8.29. The number of ether oxygens (including phenoxy) is 1. The Hall–Kier alpha value is -2.95. The molecular formula is C20H21FN2O2. The predicted octanol–water partition coefficient (Wildman–Crippen LogP) is 4.88. The van der Waals surface area contributed by atoms with Crippen molar-refractivity contribution < 1.29 is 13.9 Å². The van der Waals surface area contributed by atoms with E-state index in [0.717, 1.165) is 0 Å². The van der Waals surface area contributed by atoms with Crippen molar-refractivity contribution in [1.82, 2.24) is 9.78 Å². The van der Waals surface area contributed by atoms with Gasteiger partial charge in [0.1, 0.15) is 5.69 Å². The molecule has 0 atom stereocenters. The maximum Gasteiger partial charge on any atom is 0.361 e. The molecule has 4 nitrogen and oxygen atoms in total. The number of carbonyl (C=O) groups excluding carboxylic acids is 1. The van der Waals surface area contributed by atoms with Crippen LogP contribution in [0.4, 0.5) is 4.39 Å². The zero-order valence-corrected chi connectivity index (χ0v) is 14.6. The molecule has 0 saturated heterocycles. The van der Waals surface area contributed by atoms with E-state index in [1.54, 1.807) is 43.3 Å². The normalized spacial score (nSPS) is 9.92. The zero-order chi connectivity index (χ0) is 18.2. The minimum atomic E-state index is -0.767. The quantitative estimate of drug-likeness (QED) is 0.636. The summed E-state index contributed by atoms with van der Waals surface area (Å²) in [6, 6.07) is 18.1. The summed E-state index contributed by atoms with van der Waals surface area (Å²) in [6.07, 6.45) is 0. The van der Waals surface area contributed by atoms with E-state index in [2.05, 4.69) is 5.10 Å². The molecule has 5 heteroatoms. The summed E-state index contributed by atoms with van der Waals surface area (Å²) >= 11 is 0. The molecule has 130 valence electrons. The van der Waals surface area contributed by atoms with Crippen LogP contribution in [-0.2, 0) is 4.74 Å². The number of hydrogen-bond acceptors (Lipinski definition) is 3. The van der Waals surface area contributed by atoms with Crippen molar-refractivity contribution in [2.75, 3.05) is 6.61 Å². The SMILES string of the molecule is CC.CCOC(=O)c1nn(-c2ccccc2)c(-c2ccccc2)c1F. The second-order valence-electron chi connectivity index (χ2n) is 4.85. The van der Waals surface area contributed by atoms with Crippen LogP contribution in [0.3, 0.4) is 0 Å². The Balaban J connectivity index is 0.00000109. The van der Waals surface area contributed by atoms with Crippen molar-refractivity contribution in [1.29, 1.82) is 0 Å². The number of nitrogens with zero attached hydrogens (tertiary/aromatic N) is 2. The summed E-state index contributed by atoms with van der Waals surface area (Å²) < 4.78 is 21.2. The molecule has 0 N–H and O–H groups in total. The number of esters is 1. The fourth-order valence-corrected chi connectivity index (χ4v) is 2.33. The number of rotatable bonds is 4. The summed E-state index contributed by atoms with van der Waals surface area (Å²) in [5, 5.41) is 4.14. The van der Waals surface area contributed by atoms with Gasteiger partial charge in [0.25, 0.3) is 0 Å². The molecule has 3 rings (SSSR count). The van der Waals surface area contributed by atoms with E-state index in [9.17, 15) is 9.18 Å². The third-order valence-corrected chi connectivity index (χ3v) is 3.34. The molecule has 25 heavy (non-hydrogen) atoms. The highest BCUT2D eigenvalue weighted by atomic mass is 19.1. The van der Waals surface area contributed by atoms with Gasteiger partial charge in [-0.1, -0.05) is 62.4 Å². The lowest BCUT2D eigenvalue weighted by molar-refractivity contribution is 0.0513. The van der Waals surface area contributed by atoms with Crippen LogP contribution >= 0.6 is 0 Å².